The van der Waals surface area contributed by atoms with Gasteiger partial charge in [-0.05, 0) is 59.3 Å². The summed E-state index contributed by atoms with van der Waals surface area (Å²) in [6, 6.07) is 4.81. The number of unbranched alkanes of at least 4 members (excludes halogenated alkanes) is 1. The van der Waals surface area contributed by atoms with Gasteiger partial charge in [0.1, 0.15) is 11.6 Å². The molecule has 2 nitrogen and oxygen atoms in total. The Kier molecular flexibility index (Phi) is 6.09. The Labute approximate surface area is 117 Å². The van der Waals surface area contributed by atoms with E-state index in [0.29, 0.717) is 23.4 Å². The van der Waals surface area contributed by atoms with E-state index in [0.717, 1.165) is 19.3 Å². The quantitative estimate of drug-likeness (QED) is 0.768. The van der Waals surface area contributed by atoms with Crippen LogP contribution >= 0.6 is 15.9 Å². The highest BCUT2D eigenvalue weighted by Crippen LogP contribution is 2.23. The number of nitrogens with two attached hydrogens (primary N) is 1. The Bertz CT molecular complexity index is 382. The highest BCUT2D eigenvalue weighted by atomic mass is 79.9. The summed E-state index contributed by atoms with van der Waals surface area (Å²) in [4.78, 5) is 0. The van der Waals surface area contributed by atoms with Crippen LogP contribution in [0.5, 0.6) is 5.75 Å². The molecule has 102 valence electrons. The summed E-state index contributed by atoms with van der Waals surface area (Å²) >= 11 is 3.11. The zero-order chi connectivity index (χ0) is 13.6. The van der Waals surface area contributed by atoms with Crippen LogP contribution in [0.2, 0.25) is 0 Å². The van der Waals surface area contributed by atoms with E-state index in [9.17, 15) is 4.39 Å². The number of benzene rings is 1. The van der Waals surface area contributed by atoms with Crippen molar-refractivity contribution < 1.29 is 9.13 Å². The molecule has 0 saturated carbocycles. The zero-order valence-corrected chi connectivity index (χ0v) is 12.6. The smallest absolute Gasteiger partial charge is 0.141 e. The summed E-state index contributed by atoms with van der Waals surface area (Å²) in [6.07, 6.45) is 3.12. The average Bonchev–Trinajstić information content (AvgIpc) is 2.33. The predicted octanol–water partition coefficient (Wildman–Crippen LogP) is 4.12. The fraction of sp³-hybridized carbons (Fsp3) is 0.571. The minimum absolute atomic E-state index is 0.198. The molecule has 0 amide bonds. The molecule has 1 aromatic rings. The minimum Gasteiger partial charge on any atom is -0.493 e. The Hall–Kier alpha value is -0.610. The third-order valence-electron chi connectivity index (χ3n) is 2.96. The molecule has 0 atom stereocenters. The lowest BCUT2D eigenvalue weighted by molar-refractivity contribution is 0.278. The van der Waals surface area contributed by atoms with Gasteiger partial charge in [-0.3, -0.25) is 0 Å². The van der Waals surface area contributed by atoms with Crippen molar-refractivity contribution in [3.05, 3.63) is 28.5 Å². The van der Waals surface area contributed by atoms with Gasteiger partial charge >= 0.3 is 0 Å². The molecule has 0 heterocycles. The van der Waals surface area contributed by atoms with Crippen LogP contribution in [0.15, 0.2) is 22.7 Å². The molecular weight excluding hydrogens is 297 g/mol. The van der Waals surface area contributed by atoms with Gasteiger partial charge < -0.3 is 10.5 Å². The third-order valence-corrected chi connectivity index (χ3v) is 3.60. The fourth-order valence-electron chi connectivity index (χ4n) is 1.56. The van der Waals surface area contributed by atoms with E-state index in [1.165, 1.54) is 6.07 Å². The lowest BCUT2D eigenvalue weighted by atomic mass is 9.87. The summed E-state index contributed by atoms with van der Waals surface area (Å²) in [5, 5.41) is 0. The van der Waals surface area contributed by atoms with Crippen LogP contribution in [0.25, 0.3) is 0 Å². The lowest BCUT2D eigenvalue weighted by Crippen LogP contribution is -2.23. The molecule has 0 aromatic heterocycles. The molecule has 4 heteroatoms. The molecule has 0 saturated heterocycles. The maximum Gasteiger partial charge on any atom is 0.141 e. The average molecular weight is 318 g/mol. The van der Waals surface area contributed by atoms with Crippen LogP contribution in [0.3, 0.4) is 0 Å². The molecule has 1 rings (SSSR count). The van der Waals surface area contributed by atoms with Crippen molar-refractivity contribution in [1.82, 2.24) is 0 Å². The SMILES string of the molecule is CC(C)(CN)CCCCOc1ccc(Br)c(F)c1. The van der Waals surface area contributed by atoms with Crippen LogP contribution in [0.1, 0.15) is 33.1 Å². The van der Waals surface area contributed by atoms with Crippen LogP contribution in [-0.4, -0.2) is 13.2 Å². The van der Waals surface area contributed by atoms with Crippen molar-refractivity contribution in [3.8, 4) is 5.75 Å². The predicted molar refractivity (Wildman–Crippen MR) is 76.3 cm³/mol. The second-order valence-corrected chi connectivity index (χ2v) is 6.10. The minimum atomic E-state index is -0.295. The van der Waals surface area contributed by atoms with Gasteiger partial charge in [-0.15, -0.1) is 0 Å². The largest absolute Gasteiger partial charge is 0.493 e. The maximum absolute atomic E-state index is 13.2. The van der Waals surface area contributed by atoms with E-state index in [4.69, 9.17) is 10.5 Å². The molecule has 0 fully saturated rings. The molecular formula is C14H21BrFNO. The molecule has 2 N–H and O–H groups in total. The molecule has 0 bridgehead atoms. The van der Waals surface area contributed by atoms with Crippen LogP contribution in [0.4, 0.5) is 4.39 Å². The van der Waals surface area contributed by atoms with Gasteiger partial charge in [0.25, 0.3) is 0 Å². The van der Waals surface area contributed by atoms with Gasteiger partial charge in [0.05, 0.1) is 11.1 Å². The first-order valence-electron chi connectivity index (χ1n) is 6.22. The Morgan fingerprint density at radius 1 is 1.33 bits per heavy atom. The summed E-state index contributed by atoms with van der Waals surface area (Å²) in [6.45, 7) is 5.64. The van der Waals surface area contributed by atoms with Crippen molar-refractivity contribution in [2.45, 2.75) is 33.1 Å². The van der Waals surface area contributed by atoms with E-state index in [2.05, 4.69) is 29.8 Å². The van der Waals surface area contributed by atoms with E-state index in [1.807, 2.05) is 0 Å². The Morgan fingerprint density at radius 2 is 2.06 bits per heavy atom. The molecule has 0 aliphatic heterocycles. The second-order valence-electron chi connectivity index (χ2n) is 5.25. The molecule has 0 radical (unpaired) electrons. The van der Waals surface area contributed by atoms with Crippen LogP contribution in [-0.2, 0) is 0 Å². The fourth-order valence-corrected chi connectivity index (χ4v) is 1.81. The highest BCUT2D eigenvalue weighted by molar-refractivity contribution is 9.10. The normalized spacial score (nSPS) is 11.6. The Morgan fingerprint density at radius 3 is 2.67 bits per heavy atom. The zero-order valence-electron chi connectivity index (χ0n) is 11.0. The van der Waals surface area contributed by atoms with E-state index >= 15 is 0 Å². The van der Waals surface area contributed by atoms with E-state index < -0.39 is 0 Å². The molecule has 0 aliphatic carbocycles. The summed E-state index contributed by atoms with van der Waals surface area (Å²) in [5.74, 6) is 0.283. The summed E-state index contributed by atoms with van der Waals surface area (Å²) < 4.78 is 19.2. The van der Waals surface area contributed by atoms with Gasteiger partial charge in [-0.1, -0.05) is 13.8 Å². The summed E-state index contributed by atoms with van der Waals surface area (Å²) in [5.41, 5.74) is 5.86. The summed E-state index contributed by atoms with van der Waals surface area (Å²) in [7, 11) is 0. The monoisotopic (exact) mass is 317 g/mol. The molecule has 0 aliphatic rings. The van der Waals surface area contributed by atoms with Gasteiger partial charge in [0, 0.05) is 6.07 Å². The molecule has 0 spiro atoms. The van der Waals surface area contributed by atoms with Crippen molar-refractivity contribution >= 4 is 15.9 Å². The van der Waals surface area contributed by atoms with Gasteiger partial charge in [0.2, 0.25) is 0 Å². The number of rotatable bonds is 7. The molecule has 18 heavy (non-hydrogen) atoms. The number of ether oxygens (including phenoxy) is 1. The number of halogens is 2. The van der Waals surface area contributed by atoms with E-state index in [1.54, 1.807) is 12.1 Å². The first-order valence-corrected chi connectivity index (χ1v) is 7.02. The number of hydrogen-bond donors (Lipinski definition) is 1. The lowest BCUT2D eigenvalue weighted by Gasteiger charge is -2.21. The third kappa shape index (κ3) is 5.36. The van der Waals surface area contributed by atoms with Gasteiger partial charge in [0.15, 0.2) is 0 Å². The topological polar surface area (TPSA) is 35.2 Å². The van der Waals surface area contributed by atoms with Crippen molar-refractivity contribution in [2.75, 3.05) is 13.2 Å². The maximum atomic E-state index is 13.2. The van der Waals surface area contributed by atoms with Crippen LogP contribution < -0.4 is 10.5 Å². The van der Waals surface area contributed by atoms with Crippen molar-refractivity contribution in [3.63, 3.8) is 0 Å². The Balaban J connectivity index is 2.24. The van der Waals surface area contributed by atoms with Crippen LogP contribution in [0, 0.1) is 11.2 Å². The molecule has 0 unspecified atom stereocenters. The first-order chi connectivity index (χ1) is 8.44. The molecule has 1 aromatic carbocycles. The van der Waals surface area contributed by atoms with Crippen molar-refractivity contribution in [1.29, 1.82) is 0 Å². The number of hydrogen-bond acceptors (Lipinski definition) is 2. The first kappa shape index (κ1) is 15.4. The van der Waals surface area contributed by atoms with E-state index in [-0.39, 0.29) is 11.2 Å². The second kappa shape index (κ2) is 7.10. The van der Waals surface area contributed by atoms with Gasteiger partial charge in [-0.2, -0.15) is 0 Å². The van der Waals surface area contributed by atoms with Gasteiger partial charge in [-0.25, -0.2) is 4.39 Å². The van der Waals surface area contributed by atoms with Crippen molar-refractivity contribution in [2.24, 2.45) is 11.1 Å². The highest BCUT2D eigenvalue weighted by Gasteiger charge is 2.14. The standard InChI is InChI=1S/C14H21BrFNO/c1-14(2,10-17)7-3-4-8-18-11-5-6-12(15)13(16)9-11/h5-6,9H,3-4,7-8,10,17H2,1-2H3.